The summed E-state index contributed by atoms with van der Waals surface area (Å²) in [4.78, 5) is 12.1. The third-order valence-electron chi connectivity index (χ3n) is 3.04. The Morgan fingerprint density at radius 2 is 2.24 bits per heavy atom. The van der Waals surface area contributed by atoms with E-state index in [9.17, 15) is 4.79 Å². The van der Waals surface area contributed by atoms with Gasteiger partial charge in [0.1, 0.15) is 12.2 Å². The lowest BCUT2D eigenvalue weighted by Crippen LogP contribution is -2.12. The van der Waals surface area contributed by atoms with Gasteiger partial charge in [-0.05, 0) is 41.9 Å². The number of halogens is 2. The summed E-state index contributed by atoms with van der Waals surface area (Å²) in [5, 5.41) is 4.62. The number of aromatic nitrogens is 2. The van der Waals surface area contributed by atoms with Gasteiger partial charge in [-0.1, -0.05) is 17.7 Å². The standard InChI is InChI=1S/C14H15BrClN3O2/c1-3-19-11(13(15)8(2)18-19)7-21-14(20)12-9(16)5-4-6-10(12)17/h4-6H,3,7,17H2,1-2H3. The summed E-state index contributed by atoms with van der Waals surface area (Å²) in [5.74, 6) is -0.550. The number of esters is 1. The van der Waals surface area contributed by atoms with Crippen molar-refractivity contribution >= 4 is 39.2 Å². The first-order chi connectivity index (χ1) is 9.95. The van der Waals surface area contributed by atoms with E-state index in [1.165, 1.54) is 0 Å². The Morgan fingerprint density at radius 1 is 1.52 bits per heavy atom. The first kappa shape index (κ1) is 15.9. The molecule has 0 atom stereocenters. The zero-order valence-corrected chi connectivity index (χ0v) is 14.0. The number of carbonyl (C=O) groups is 1. The van der Waals surface area contributed by atoms with Crippen molar-refractivity contribution in [1.29, 1.82) is 0 Å². The third kappa shape index (κ3) is 3.22. The SMILES string of the molecule is CCn1nc(C)c(Br)c1COC(=O)c1c(N)cccc1Cl. The van der Waals surface area contributed by atoms with Crippen LogP contribution in [-0.2, 0) is 17.9 Å². The van der Waals surface area contributed by atoms with Crippen LogP contribution in [0, 0.1) is 6.92 Å². The van der Waals surface area contributed by atoms with Crippen LogP contribution in [0.1, 0.15) is 28.7 Å². The van der Waals surface area contributed by atoms with E-state index in [2.05, 4.69) is 21.0 Å². The zero-order chi connectivity index (χ0) is 15.6. The van der Waals surface area contributed by atoms with Crippen LogP contribution in [0.25, 0.3) is 0 Å². The van der Waals surface area contributed by atoms with Crippen LogP contribution < -0.4 is 5.73 Å². The van der Waals surface area contributed by atoms with Gasteiger partial charge in [0.05, 0.1) is 20.9 Å². The van der Waals surface area contributed by atoms with Gasteiger partial charge >= 0.3 is 5.97 Å². The summed E-state index contributed by atoms with van der Waals surface area (Å²) in [6, 6.07) is 4.89. The fourth-order valence-electron chi connectivity index (χ4n) is 1.97. The van der Waals surface area contributed by atoms with Crippen molar-refractivity contribution in [3.63, 3.8) is 0 Å². The summed E-state index contributed by atoms with van der Waals surface area (Å²) < 4.78 is 7.94. The maximum Gasteiger partial charge on any atom is 0.342 e. The Morgan fingerprint density at radius 3 is 2.86 bits per heavy atom. The summed E-state index contributed by atoms with van der Waals surface area (Å²) in [6.07, 6.45) is 0. The molecule has 1 heterocycles. The molecule has 0 spiro atoms. The Bertz CT molecular complexity index is 665. The highest BCUT2D eigenvalue weighted by Crippen LogP contribution is 2.25. The van der Waals surface area contributed by atoms with Crippen molar-refractivity contribution in [1.82, 2.24) is 9.78 Å². The second-order valence-electron chi connectivity index (χ2n) is 4.44. The van der Waals surface area contributed by atoms with E-state index in [0.717, 1.165) is 15.9 Å². The summed E-state index contributed by atoms with van der Waals surface area (Å²) in [5.41, 5.74) is 7.90. The van der Waals surface area contributed by atoms with Crippen molar-refractivity contribution < 1.29 is 9.53 Å². The van der Waals surface area contributed by atoms with Crippen LogP contribution in [0.2, 0.25) is 5.02 Å². The van der Waals surface area contributed by atoms with Crippen LogP contribution in [0.4, 0.5) is 5.69 Å². The molecule has 2 rings (SSSR count). The number of anilines is 1. The van der Waals surface area contributed by atoms with Crippen LogP contribution in [-0.4, -0.2) is 15.7 Å². The molecule has 2 aromatic rings. The quantitative estimate of drug-likeness (QED) is 0.658. The Hall–Kier alpha value is -1.53. The number of nitrogen functional groups attached to an aromatic ring is 1. The molecule has 1 aromatic carbocycles. The Labute approximate surface area is 136 Å². The molecule has 5 nitrogen and oxygen atoms in total. The summed E-state index contributed by atoms with van der Waals surface area (Å²) >= 11 is 9.44. The summed E-state index contributed by atoms with van der Waals surface area (Å²) in [6.45, 7) is 4.64. The van der Waals surface area contributed by atoms with Gasteiger partial charge in [0.2, 0.25) is 0 Å². The van der Waals surface area contributed by atoms with Crippen molar-refractivity contribution in [2.45, 2.75) is 27.0 Å². The monoisotopic (exact) mass is 371 g/mol. The first-order valence-corrected chi connectivity index (χ1v) is 7.55. The van der Waals surface area contributed by atoms with Crippen molar-refractivity contribution in [2.24, 2.45) is 0 Å². The molecule has 0 aliphatic heterocycles. The number of aryl methyl sites for hydroxylation is 2. The van der Waals surface area contributed by atoms with Crippen LogP contribution in [0.3, 0.4) is 0 Å². The molecule has 0 unspecified atom stereocenters. The lowest BCUT2D eigenvalue weighted by Gasteiger charge is -2.10. The number of benzene rings is 1. The number of rotatable bonds is 4. The molecular formula is C14H15BrClN3O2. The molecule has 2 N–H and O–H groups in total. The number of nitrogens with zero attached hydrogens (tertiary/aromatic N) is 2. The minimum atomic E-state index is -0.550. The van der Waals surface area contributed by atoms with E-state index in [-0.39, 0.29) is 17.2 Å². The molecule has 7 heteroatoms. The van der Waals surface area contributed by atoms with E-state index in [1.807, 2.05) is 13.8 Å². The number of hydrogen-bond acceptors (Lipinski definition) is 4. The van der Waals surface area contributed by atoms with E-state index in [1.54, 1.807) is 22.9 Å². The van der Waals surface area contributed by atoms with Gasteiger partial charge in [-0.3, -0.25) is 4.68 Å². The van der Waals surface area contributed by atoms with E-state index < -0.39 is 5.97 Å². The van der Waals surface area contributed by atoms with Crippen LogP contribution in [0.5, 0.6) is 0 Å². The number of hydrogen-bond donors (Lipinski definition) is 1. The van der Waals surface area contributed by atoms with E-state index >= 15 is 0 Å². The number of nitrogens with two attached hydrogens (primary N) is 1. The van der Waals surface area contributed by atoms with Crippen LogP contribution >= 0.6 is 27.5 Å². The molecule has 0 radical (unpaired) electrons. The van der Waals surface area contributed by atoms with Crippen molar-refractivity contribution in [3.05, 3.63) is 44.6 Å². The topological polar surface area (TPSA) is 70.1 Å². The van der Waals surface area contributed by atoms with Gasteiger partial charge in [0.25, 0.3) is 0 Å². The van der Waals surface area contributed by atoms with Gasteiger partial charge in [-0.15, -0.1) is 0 Å². The lowest BCUT2D eigenvalue weighted by molar-refractivity contribution is 0.0463. The molecule has 0 aliphatic rings. The lowest BCUT2D eigenvalue weighted by atomic mass is 10.2. The average molecular weight is 373 g/mol. The molecule has 1 aromatic heterocycles. The predicted octanol–water partition coefficient (Wildman–Crippen LogP) is 3.57. The highest BCUT2D eigenvalue weighted by molar-refractivity contribution is 9.10. The zero-order valence-electron chi connectivity index (χ0n) is 11.7. The molecule has 0 fully saturated rings. The molecule has 0 bridgehead atoms. The maximum absolute atomic E-state index is 12.1. The van der Waals surface area contributed by atoms with Crippen molar-refractivity contribution in [2.75, 3.05) is 5.73 Å². The van der Waals surface area contributed by atoms with Gasteiger partial charge in [0.15, 0.2) is 0 Å². The average Bonchev–Trinajstić information content (AvgIpc) is 2.71. The maximum atomic E-state index is 12.1. The number of ether oxygens (including phenoxy) is 1. The van der Waals surface area contributed by atoms with E-state index in [4.69, 9.17) is 22.1 Å². The molecule has 0 aliphatic carbocycles. The summed E-state index contributed by atoms with van der Waals surface area (Å²) in [7, 11) is 0. The highest BCUT2D eigenvalue weighted by atomic mass is 79.9. The largest absolute Gasteiger partial charge is 0.455 e. The second kappa shape index (κ2) is 6.49. The second-order valence-corrected chi connectivity index (χ2v) is 5.64. The molecular weight excluding hydrogens is 358 g/mol. The van der Waals surface area contributed by atoms with Crippen molar-refractivity contribution in [3.8, 4) is 0 Å². The Balaban J connectivity index is 2.19. The van der Waals surface area contributed by atoms with Crippen LogP contribution in [0.15, 0.2) is 22.7 Å². The van der Waals surface area contributed by atoms with Gasteiger partial charge in [0, 0.05) is 12.2 Å². The molecule has 21 heavy (non-hydrogen) atoms. The fourth-order valence-corrected chi connectivity index (χ4v) is 2.63. The third-order valence-corrected chi connectivity index (χ3v) is 4.39. The minimum absolute atomic E-state index is 0.0960. The minimum Gasteiger partial charge on any atom is -0.455 e. The van der Waals surface area contributed by atoms with Gasteiger partial charge < -0.3 is 10.5 Å². The first-order valence-electron chi connectivity index (χ1n) is 6.38. The fraction of sp³-hybridized carbons (Fsp3) is 0.286. The van der Waals surface area contributed by atoms with Gasteiger partial charge in [-0.2, -0.15) is 5.10 Å². The molecule has 0 saturated heterocycles. The number of carbonyl (C=O) groups excluding carboxylic acids is 1. The highest BCUT2D eigenvalue weighted by Gasteiger charge is 2.18. The molecule has 0 amide bonds. The molecule has 0 saturated carbocycles. The normalized spacial score (nSPS) is 10.7. The smallest absolute Gasteiger partial charge is 0.342 e. The predicted molar refractivity (Wildman–Crippen MR) is 85.3 cm³/mol. The Kier molecular flexibility index (Phi) is 4.90. The van der Waals surface area contributed by atoms with E-state index in [0.29, 0.717) is 12.2 Å². The molecule has 112 valence electrons. The van der Waals surface area contributed by atoms with Gasteiger partial charge in [-0.25, -0.2) is 4.79 Å².